The van der Waals surface area contributed by atoms with Gasteiger partial charge >= 0.3 is 0 Å². The van der Waals surface area contributed by atoms with Gasteiger partial charge in [0, 0.05) is 10.7 Å². The van der Waals surface area contributed by atoms with E-state index in [0.29, 0.717) is 16.3 Å². The summed E-state index contributed by atoms with van der Waals surface area (Å²) in [7, 11) is -3.89. The second-order valence-electron chi connectivity index (χ2n) is 5.59. The summed E-state index contributed by atoms with van der Waals surface area (Å²) in [4.78, 5) is 12.6. The van der Waals surface area contributed by atoms with Gasteiger partial charge in [-0.15, -0.1) is 0 Å². The highest BCUT2D eigenvalue weighted by atomic mass is 35.5. The Hall–Kier alpha value is -2.12. The lowest BCUT2D eigenvalue weighted by Gasteiger charge is -2.28. The van der Waals surface area contributed by atoms with Gasteiger partial charge in [-0.05, 0) is 43.7 Å². The first-order valence-electron chi connectivity index (χ1n) is 7.43. The number of hydrogen-bond acceptors (Lipinski definition) is 3. The Morgan fingerprint density at radius 3 is 2.44 bits per heavy atom. The van der Waals surface area contributed by atoms with Crippen molar-refractivity contribution in [2.24, 2.45) is 0 Å². The summed E-state index contributed by atoms with van der Waals surface area (Å²) < 4.78 is 39.2. The van der Waals surface area contributed by atoms with E-state index in [1.165, 1.54) is 25.1 Å². The summed E-state index contributed by atoms with van der Waals surface area (Å²) in [5.41, 5.74) is 0.934. The fourth-order valence-corrected chi connectivity index (χ4v) is 3.74. The molecule has 0 saturated heterocycles. The Balaban J connectivity index is 2.37. The highest BCUT2D eigenvalue weighted by Crippen LogP contribution is 2.26. The van der Waals surface area contributed by atoms with Crippen LogP contribution in [0.5, 0.6) is 0 Å². The predicted octanol–water partition coefficient (Wildman–Crippen LogP) is 3.58. The normalized spacial score (nSPS) is 12.5. The van der Waals surface area contributed by atoms with Crippen LogP contribution in [0, 0.1) is 12.7 Å². The molecule has 0 unspecified atom stereocenters. The van der Waals surface area contributed by atoms with Crippen molar-refractivity contribution in [2.45, 2.75) is 19.9 Å². The molecule has 1 N–H and O–H groups in total. The van der Waals surface area contributed by atoms with Crippen molar-refractivity contribution in [1.29, 1.82) is 0 Å². The van der Waals surface area contributed by atoms with Crippen molar-refractivity contribution in [3.63, 3.8) is 0 Å². The molecule has 0 aromatic heterocycles. The van der Waals surface area contributed by atoms with Gasteiger partial charge in [-0.25, -0.2) is 12.8 Å². The third kappa shape index (κ3) is 4.29. The van der Waals surface area contributed by atoms with Crippen LogP contribution in [0.25, 0.3) is 0 Å². The van der Waals surface area contributed by atoms with Gasteiger partial charge in [0.1, 0.15) is 11.9 Å². The van der Waals surface area contributed by atoms with Crippen molar-refractivity contribution in [2.75, 3.05) is 15.9 Å². The molecular formula is C17H18ClFN2O3S. The molecule has 0 aliphatic heterocycles. The molecule has 1 atom stereocenters. The Labute approximate surface area is 151 Å². The fourth-order valence-electron chi connectivity index (χ4n) is 2.39. The van der Waals surface area contributed by atoms with E-state index in [9.17, 15) is 17.6 Å². The average Bonchev–Trinajstić information content (AvgIpc) is 2.52. The van der Waals surface area contributed by atoms with Crippen LogP contribution in [0.3, 0.4) is 0 Å². The predicted molar refractivity (Wildman–Crippen MR) is 98.0 cm³/mol. The van der Waals surface area contributed by atoms with Crippen molar-refractivity contribution in [3.8, 4) is 0 Å². The van der Waals surface area contributed by atoms with Gasteiger partial charge < -0.3 is 5.32 Å². The molecule has 134 valence electrons. The van der Waals surface area contributed by atoms with Crippen LogP contribution in [0.1, 0.15) is 12.5 Å². The smallest absolute Gasteiger partial charge is 0.248 e. The van der Waals surface area contributed by atoms with Crippen LogP contribution < -0.4 is 9.62 Å². The van der Waals surface area contributed by atoms with Crippen LogP contribution in [0.2, 0.25) is 5.02 Å². The quantitative estimate of drug-likeness (QED) is 0.856. The highest BCUT2D eigenvalue weighted by Gasteiger charge is 2.31. The number of carbonyl (C=O) groups excluding carboxylic acids is 1. The Bertz CT molecular complexity index is 903. The van der Waals surface area contributed by atoms with Crippen LogP contribution >= 0.6 is 11.6 Å². The molecule has 0 fully saturated rings. The minimum atomic E-state index is -3.89. The van der Waals surface area contributed by atoms with Crippen molar-refractivity contribution in [1.82, 2.24) is 0 Å². The molecule has 2 rings (SSSR count). The summed E-state index contributed by atoms with van der Waals surface area (Å²) in [6.45, 7) is 3.12. The van der Waals surface area contributed by atoms with E-state index in [2.05, 4.69) is 5.32 Å². The van der Waals surface area contributed by atoms with Gasteiger partial charge in [0.15, 0.2) is 0 Å². The second-order valence-corrected chi connectivity index (χ2v) is 7.85. The first-order valence-corrected chi connectivity index (χ1v) is 9.65. The summed E-state index contributed by atoms with van der Waals surface area (Å²) >= 11 is 6.02. The minimum Gasteiger partial charge on any atom is -0.324 e. The van der Waals surface area contributed by atoms with Crippen molar-refractivity contribution >= 4 is 38.9 Å². The number of anilines is 2. The molecule has 2 aromatic rings. The van der Waals surface area contributed by atoms with Crippen LogP contribution in [-0.4, -0.2) is 26.6 Å². The number of hydrogen-bond donors (Lipinski definition) is 1. The molecule has 0 aliphatic rings. The molecule has 0 aliphatic carbocycles. The first-order chi connectivity index (χ1) is 11.6. The minimum absolute atomic E-state index is 0.185. The van der Waals surface area contributed by atoms with E-state index in [0.717, 1.165) is 16.6 Å². The lowest BCUT2D eigenvalue weighted by molar-refractivity contribution is -0.116. The topological polar surface area (TPSA) is 66.5 Å². The first kappa shape index (κ1) is 19.2. The van der Waals surface area contributed by atoms with Crippen LogP contribution in [-0.2, 0) is 14.8 Å². The average molecular weight is 385 g/mol. The van der Waals surface area contributed by atoms with Crippen molar-refractivity contribution < 1.29 is 17.6 Å². The molecule has 0 saturated carbocycles. The van der Waals surface area contributed by atoms with Gasteiger partial charge in [-0.1, -0.05) is 29.8 Å². The lowest BCUT2D eigenvalue weighted by atomic mass is 10.2. The number of rotatable bonds is 5. The number of benzene rings is 2. The number of sulfonamides is 1. The van der Waals surface area contributed by atoms with E-state index < -0.39 is 27.8 Å². The number of halogens is 2. The fraction of sp³-hybridized carbons (Fsp3) is 0.235. The molecule has 0 bridgehead atoms. The van der Waals surface area contributed by atoms with E-state index in [4.69, 9.17) is 11.6 Å². The number of nitrogens with one attached hydrogen (secondary N) is 1. The molecular weight excluding hydrogens is 367 g/mol. The van der Waals surface area contributed by atoms with Gasteiger partial charge in [0.05, 0.1) is 11.9 Å². The molecule has 0 radical (unpaired) electrons. The third-order valence-corrected chi connectivity index (χ3v) is 5.34. The zero-order valence-corrected chi connectivity index (χ0v) is 15.5. The van der Waals surface area contributed by atoms with Gasteiger partial charge in [0.25, 0.3) is 0 Å². The van der Waals surface area contributed by atoms with E-state index in [1.54, 1.807) is 25.1 Å². The monoisotopic (exact) mass is 384 g/mol. The van der Waals surface area contributed by atoms with Crippen LogP contribution in [0.4, 0.5) is 15.8 Å². The number of amides is 1. The second kappa shape index (κ2) is 7.41. The molecule has 0 spiro atoms. The SMILES string of the molecule is Cc1c(Cl)cccc1NC(=O)[C@@H](C)N(c1ccccc1F)S(C)(=O)=O. The van der Waals surface area contributed by atoms with Crippen LogP contribution in [0.15, 0.2) is 42.5 Å². The summed E-state index contributed by atoms with van der Waals surface area (Å²) in [6.07, 6.45) is 0.924. The Kier molecular flexibility index (Phi) is 5.69. The molecule has 8 heteroatoms. The summed E-state index contributed by atoms with van der Waals surface area (Å²) in [6, 6.07) is 9.23. The molecule has 1 amide bonds. The largest absolute Gasteiger partial charge is 0.324 e. The van der Waals surface area contributed by atoms with E-state index in [1.807, 2.05) is 0 Å². The number of carbonyl (C=O) groups is 1. The highest BCUT2D eigenvalue weighted by molar-refractivity contribution is 7.92. The zero-order chi connectivity index (χ0) is 18.8. The molecule has 2 aromatic carbocycles. The molecule has 25 heavy (non-hydrogen) atoms. The third-order valence-electron chi connectivity index (χ3n) is 3.70. The number of nitrogens with zero attached hydrogens (tertiary/aromatic N) is 1. The van der Waals surface area contributed by atoms with Gasteiger partial charge in [-0.2, -0.15) is 0 Å². The standard InChI is InChI=1S/C17H18ClFN2O3S/c1-11-13(18)7-6-9-15(11)20-17(22)12(2)21(25(3,23)24)16-10-5-4-8-14(16)19/h4-10,12H,1-3H3,(H,20,22)/t12-/m1/s1. The van der Waals surface area contributed by atoms with Crippen molar-refractivity contribution in [3.05, 3.63) is 58.9 Å². The Morgan fingerprint density at radius 2 is 1.84 bits per heavy atom. The zero-order valence-electron chi connectivity index (χ0n) is 14.0. The van der Waals surface area contributed by atoms with E-state index in [-0.39, 0.29) is 5.69 Å². The van der Waals surface area contributed by atoms with Gasteiger partial charge in [-0.3, -0.25) is 9.10 Å². The van der Waals surface area contributed by atoms with Gasteiger partial charge in [0.2, 0.25) is 15.9 Å². The molecule has 5 nitrogen and oxygen atoms in total. The lowest BCUT2D eigenvalue weighted by Crippen LogP contribution is -2.45. The summed E-state index contributed by atoms with van der Waals surface area (Å²) in [5, 5.41) is 3.11. The number of para-hydroxylation sites is 1. The maximum absolute atomic E-state index is 14.1. The van der Waals surface area contributed by atoms with E-state index >= 15 is 0 Å². The maximum Gasteiger partial charge on any atom is 0.248 e. The Morgan fingerprint density at radius 1 is 1.20 bits per heavy atom. The maximum atomic E-state index is 14.1. The molecule has 0 heterocycles. The summed E-state index contributed by atoms with van der Waals surface area (Å²) in [5.74, 6) is -1.33.